The Morgan fingerprint density at radius 1 is 1.14 bits per heavy atom. The molecule has 9 nitrogen and oxygen atoms in total. The van der Waals surface area contributed by atoms with E-state index in [1.807, 2.05) is 6.92 Å². The lowest BCUT2D eigenvalue weighted by Gasteiger charge is -2.24. The Hall–Kier alpha value is -0.800. The quantitative estimate of drug-likeness (QED) is 0.162. The predicted molar refractivity (Wildman–Crippen MR) is 77.8 cm³/mol. The van der Waals surface area contributed by atoms with E-state index in [2.05, 4.69) is 15.8 Å². The second-order valence-corrected chi connectivity index (χ2v) is 5.81. The average molecular weight is 344 g/mol. The largest absolute Gasteiger partial charge is 0.469 e. The third-order valence-electron chi connectivity index (χ3n) is 2.68. The first-order chi connectivity index (χ1) is 10.1. The summed E-state index contributed by atoms with van der Waals surface area (Å²) in [7, 11) is -4.46. The summed E-state index contributed by atoms with van der Waals surface area (Å²) in [5.41, 5.74) is -0.448. The minimum absolute atomic E-state index is 0.156. The van der Waals surface area contributed by atoms with Crippen molar-refractivity contribution in [2.75, 3.05) is 33.0 Å². The van der Waals surface area contributed by atoms with E-state index in [9.17, 15) is 9.36 Å². The zero-order chi connectivity index (χ0) is 17.8. The molecule has 0 bridgehead atoms. The fourth-order valence-electron chi connectivity index (χ4n) is 0.899. The second kappa shape index (κ2) is 11.7. The summed E-state index contributed by atoms with van der Waals surface area (Å²) in [6.07, 6.45) is 0.594. The molecule has 0 heterocycles. The van der Waals surface area contributed by atoms with Gasteiger partial charge in [0.15, 0.2) is 0 Å². The van der Waals surface area contributed by atoms with Crippen molar-refractivity contribution in [1.82, 2.24) is 0 Å². The van der Waals surface area contributed by atoms with Crippen LogP contribution in [-0.4, -0.2) is 64.1 Å². The number of esters is 1. The van der Waals surface area contributed by atoms with E-state index in [1.165, 1.54) is 6.92 Å². The van der Waals surface area contributed by atoms with Gasteiger partial charge in [-0.2, -0.15) is 0 Å². The van der Waals surface area contributed by atoms with E-state index in [0.29, 0.717) is 6.42 Å². The van der Waals surface area contributed by atoms with Crippen LogP contribution in [0.4, 0.5) is 0 Å². The zero-order valence-corrected chi connectivity index (χ0v) is 13.7. The molecular weight excluding hydrogens is 319 g/mol. The molecule has 0 aliphatic rings. The molecule has 0 fully saturated rings. The molecular formula is C12H25O9P. The van der Waals surface area contributed by atoms with E-state index < -0.39 is 19.2 Å². The molecule has 0 aromatic carbocycles. The number of aliphatic hydroxyl groups is 3. The van der Waals surface area contributed by atoms with Gasteiger partial charge < -0.3 is 29.8 Å². The molecule has 0 aliphatic carbocycles. The first kappa shape index (κ1) is 23.5. The van der Waals surface area contributed by atoms with Gasteiger partial charge in [0.05, 0.1) is 26.4 Å². The Morgan fingerprint density at radius 2 is 1.59 bits per heavy atom. The lowest BCUT2D eigenvalue weighted by Crippen LogP contribution is -2.32. The minimum atomic E-state index is -4.46. The summed E-state index contributed by atoms with van der Waals surface area (Å²) in [6, 6.07) is 0. The first-order valence-electron chi connectivity index (χ1n) is 6.42. The van der Waals surface area contributed by atoms with Gasteiger partial charge in [0.1, 0.15) is 6.61 Å². The fraction of sp³-hybridized carbons (Fsp3) is 0.750. The normalized spacial score (nSPS) is 11.4. The zero-order valence-electron chi connectivity index (χ0n) is 12.8. The smallest absolute Gasteiger partial charge is 0.460 e. The number of carbonyl (C=O) groups excluding carboxylic acids is 1. The third-order valence-corrected chi connectivity index (χ3v) is 3.20. The summed E-state index contributed by atoms with van der Waals surface area (Å²) < 4.78 is 18.6. The summed E-state index contributed by atoms with van der Waals surface area (Å²) in [4.78, 5) is 27.1. The van der Waals surface area contributed by atoms with Gasteiger partial charge in [-0.05, 0) is 13.3 Å². The summed E-state index contributed by atoms with van der Waals surface area (Å²) >= 11 is 0. The number of aliphatic hydroxyl groups excluding tert-OH is 3. The van der Waals surface area contributed by atoms with Crippen LogP contribution in [0.1, 0.15) is 20.3 Å². The van der Waals surface area contributed by atoms with Crippen molar-refractivity contribution in [2.45, 2.75) is 20.3 Å². The molecule has 5 N–H and O–H groups in total. The van der Waals surface area contributed by atoms with Crippen LogP contribution < -0.4 is 0 Å². The van der Waals surface area contributed by atoms with Crippen LogP contribution in [0.5, 0.6) is 0 Å². The summed E-state index contributed by atoms with van der Waals surface area (Å²) in [5, 5.41) is 26.0. The van der Waals surface area contributed by atoms with Gasteiger partial charge in [0.2, 0.25) is 0 Å². The fourth-order valence-corrected chi connectivity index (χ4v) is 1.21. The maximum Gasteiger partial charge on any atom is 0.469 e. The van der Waals surface area contributed by atoms with Crippen LogP contribution in [0.3, 0.4) is 0 Å². The van der Waals surface area contributed by atoms with Crippen molar-refractivity contribution in [3.63, 3.8) is 0 Å². The number of phosphoric ester groups is 1. The number of carbonyl (C=O) groups is 1. The molecule has 10 heteroatoms. The van der Waals surface area contributed by atoms with Crippen LogP contribution in [0.2, 0.25) is 0 Å². The third kappa shape index (κ3) is 11.8. The van der Waals surface area contributed by atoms with Crippen LogP contribution >= 0.6 is 7.82 Å². The molecule has 0 amide bonds. The van der Waals surface area contributed by atoms with E-state index in [0.717, 1.165) is 0 Å². The van der Waals surface area contributed by atoms with E-state index in [-0.39, 0.29) is 38.6 Å². The van der Waals surface area contributed by atoms with E-state index >= 15 is 0 Å². The highest BCUT2D eigenvalue weighted by atomic mass is 31.2. The molecule has 0 aromatic heterocycles. The summed E-state index contributed by atoms with van der Waals surface area (Å²) in [5.74, 6) is -0.616. The highest BCUT2D eigenvalue weighted by Gasteiger charge is 2.24. The molecule has 22 heavy (non-hydrogen) atoms. The van der Waals surface area contributed by atoms with Crippen molar-refractivity contribution >= 4 is 13.8 Å². The van der Waals surface area contributed by atoms with Gasteiger partial charge in [0.25, 0.3) is 0 Å². The van der Waals surface area contributed by atoms with Crippen molar-refractivity contribution in [1.29, 1.82) is 0 Å². The van der Waals surface area contributed by atoms with Crippen molar-refractivity contribution in [2.24, 2.45) is 5.41 Å². The van der Waals surface area contributed by atoms with Crippen LogP contribution in [-0.2, 0) is 18.6 Å². The number of rotatable bonds is 9. The maximum absolute atomic E-state index is 10.7. The molecule has 132 valence electrons. The maximum atomic E-state index is 10.7. The SMILES string of the molecule is C=C(C)C(=O)OCCOP(=O)(O)O.CCC(CO)(CO)CO. The van der Waals surface area contributed by atoms with Gasteiger partial charge in [-0.15, -0.1) is 0 Å². The minimum Gasteiger partial charge on any atom is -0.460 e. The molecule has 0 aliphatic heterocycles. The van der Waals surface area contributed by atoms with E-state index in [4.69, 9.17) is 25.1 Å². The molecule has 0 unspecified atom stereocenters. The number of phosphoric acid groups is 1. The number of ether oxygens (including phenoxy) is 1. The predicted octanol–water partition coefficient (Wildman–Crippen LogP) is -0.425. The lowest BCUT2D eigenvalue weighted by molar-refractivity contribution is -0.139. The van der Waals surface area contributed by atoms with Gasteiger partial charge in [-0.1, -0.05) is 13.5 Å². The van der Waals surface area contributed by atoms with Crippen LogP contribution in [0, 0.1) is 5.41 Å². The topological polar surface area (TPSA) is 154 Å². The van der Waals surface area contributed by atoms with Gasteiger partial charge >= 0.3 is 13.8 Å². The van der Waals surface area contributed by atoms with E-state index in [1.54, 1.807) is 0 Å². The van der Waals surface area contributed by atoms with Gasteiger partial charge in [-0.25, -0.2) is 9.36 Å². The average Bonchev–Trinajstić information content (AvgIpc) is 2.46. The second-order valence-electron chi connectivity index (χ2n) is 4.57. The Labute approximate surface area is 129 Å². The molecule has 0 saturated heterocycles. The highest BCUT2D eigenvalue weighted by molar-refractivity contribution is 7.46. The first-order valence-corrected chi connectivity index (χ1v) is 7.95. The van der Waals surface area contributed by atoms with Gasteiger partial charge in [0, 0.05) is 11.0 Å². The standard InChI is InChI=1S/C6H11O6P.C6H14O3/c1-5(2)6(7)11-3-4-12-13(8,9)10;1-2-6(3-7,4-8)5-9/h1,3-4H2,2H3,(H2,8,9,10);7-9H,2-5H2,1H3. The molecule has 0 radical (unpaired) electrons. The number of hydrogen-bond acceptors (Lipinski definition) is 7. The Bertz CT molecular complexity index is 355. The molecule has 0 atom stereocenters. The van der Waals surface area contributed by atoms with Crippen LogP contribution in [0.15, 0.2) is 12.2 Å². The van der Waals surface area contributed by atoms with Gasteiger partial charge in [-0.3, -0.25) is 4.52 Å². The summed E-state index contributed by atoms with van der Waals surface area (Å²) in [6.45, 7) is 5.58. The Balaban J connectivity index is 0. The monoisotopic (exact) mass is 344 g/mol. The van der Waals surface area contributed by atoms with Crippen molar-refractivity contribution < 1.29 is 43.7 Å². The molecule has 0 spiro atoms. The van der Waals surface area contributed by atoms with Crippen LogP contribution in [0.25, 0.3) is 0 Å². The Morgan fingerprint density at radius 3 is 1.82 bits per heavy atom. The molecule has 0 aromatic rings. The lowest BCUT2D eigenvalue weighted by atomic mass is 9.88. The Kier molecular flexibility index (Phi) is 12.5. The number of hydrogen-bond donors (Lipinski definition) is 5. The van der Waals surface area contributed by atoms with Crippen molar-refractivity contribution in [3.05, 3.63) is 12.2 Å². The molecule has 0 rings (SSSR count). The molecule has 0 saturated carbocycles. The van der Waals surface area contributed by atoms with Crippen molar-refractivity contribution in [3.8, 4) is 0 Å². The highest BCUT2D eigenvalue weighted by Crippen LogP contribution is 2.35.